The van der Waals surface area contributed by atoms with Gasteiger partial charge < -0.3 is 5.32 Å². The van der Waals surface area contributed by atoms with Gasteiger partial charge >= 0.3 is 0 Å². The number of hydrogen-bond acceptors (Lipinski definition) is 4. The molecule has 3 rings (SSSR count). The van der Waals surface area contributed by atoms with Crippen molar-refractivity contribution in [3.63, 3.8) is 0 Å². The molecule has 0 radical (unpaired) electrons. The van der Waals surface area contributed by atoms with Crippen LogP contribution in [-0.2, 0) is 0 Å². The summed E-state index contributed by atoms with van der Waals surface area (Å²) < 4.78 is 0. The van der Waals surface area contributed by atoms with E-state index in [-0.39, 0.29) is 5.28 Å². The lowest BCUT2D eigenvalue weighted by Gasteiger charge is -2.00. The molecule has 0 unspecified atom stereocenters. The molecule has 0 amide bonds. The summed E-state index contributed by atoms with van der Waals surface area (Å²) in [6.45, 7) is 0. The molecule has 1 aromatic carbocycles. The monoisotopic (exact) mass is 305 g/mol. The standard InChI is InChI=1S/C13H9Cl2N5/c14-9-3-1-8(2-4-9)10-7-12(20-19-10)17-11-5-6-16-13(15)18-11/h1-7H,(H2,16,17,18,19,20). The molecule has 0 saturated carbocycles. The van der Waals surface area contributed by atoms with Gasteiger partial charge in [-0.2, -0.15) is 5.10 Å². The lowest BCUT2D eigenvalue weighted by molar-refractivity contribution is 1.09. The summed E-state index contributed by atoms with van der Waals surface area (Å²) in [6, 6.07) is 11.1. The van der Waals surface area contributed by atoms with Crippen LogP contribution in [-0.4, -0.2) is 20.2 Å². The Labute approximate surface area is 125 Å². The van der Waals surface area contributed by atoms with Gasteiger partial charge in [-0.25, -0.2) is 9.97 Å². The highest BCUT2D eigenvalue weighted by Crippen LogP contribution is 2.23. The van der Waals surface area contributed by atoms with Crippen molar-refractivity contribution in [1.82, 2.24) is 20.2 Å². The first-order valence-corrected chi connectivity index (χ1v) is 6.53. The fourth-order valence-corrected chi connectivity index (χ4v) is 1.97. The third kappa shape index (κ3) is 2.89. The third-order valence-electron chi connectivity index (χ3n) is 2.62. The average molecular weight is 306 g/mol. The van der Waals surface area contributed by atoms with Crippen LogP contribution in [0.3, 0.4) is 0 Å². The van der Waals surface area contributed by atoms with Crippen molar-refractivity contribution in [3.8, 4) is 11.3 Å². The molecule has 20 heavy (non-hydrogen) atoms. The van der Waals surface area contributed by atoms with Gasteiger partial charge in [0.05, 0.1) is 5.69 Å². The van der Waals surface area contributed by atoms with Crippen molar-refractivity contribution in [2.24, 2.45) is 0 Å². The van der Waals surface area contributed by atoms with Crippen LogP contribution in [0.2, 0.25) is 10.3 Å². The van der Waals surface area contributed by atoms with Gasteiger partial charge in [-0.3, -0.25) is 5.10 Å². The second-order valence-electron chi connectivity index (χ2n) is 4.01. The van der Waals surface area contributed by atoms with E-state index in [2.05, 4.69) is 25.5 Å². The van der Waals surface area contributed by atoms with Gasteiger partial charge in [-0.05, 0) is 35.4 Å². The Bertz CT molecular complexity index is 724. The zero-order valence-electron chi connectivity index (χ0n) is 10.1. The average Bonchev–Trinajstić information content (AvgIpc) is 2.88. The van der Waals surface area contributed by atoms with Gasteiger partial charge in [0.1, 0.15) is 5.82 Å². The fourth-order valence-electron chi connectivity index (χ4n) is 1.70. The van der Waals surface area contributed by atoms with E-state index >= 15 is 0 Å². The summed E-state index contributed by atoms with van der Waals surface area (Å²) in [7, 11) is 0. The minimum Gasteiger partial charge on any atom is -0.323 e. The largest absolute Gasteiger partial charge is 0.323 e. The van der Waals surface area contributed by atoms with Crippen LogP contribution < -0.4 is 5.32 Å². The van der Waals surface area contributed by atoms with E-state index in [1.54, 1.807) is 12.3 Å². The maximum Gasteiger partial charge on any atom is 0.224 e. The zero-order valence-corrected chi connectivity index (χ0v) is 11.7. The minimum atomic E-state index is 0.184. The molecule has 0 fully saturated rings. The Kier molecular flexibility index (Phi) is 3.54. The highest BCUT2D eigenvalue weighted by atomic mass is 35.5. The molecule has 0 aliphatic heterocycles. The van der Waals surface area contributed by atoms with E-state index in [0.29, 0.717) is 16.7 Å². The summed E-state index contributed by atoms with van der Waals surface area (Å²) >= 11 is 11.6. The highest BCUT2D eigenvalue weighted by molar-refractivity contribution is 6.30. The molecule has 2 heterocycles. The molecule has 3 aromatic rings. The number of aromatic nitrogens is 4. The molecular formula is C13H9Cl2N5. The molecule has 0 saturated heterocycles. The summed E-state index contributed by atoms with van der Waals surface area (Å²) in [6.07, 6.45) is 1.57. The Morgan fingerprint density at radius 1 is 1.00 bits per heavy atom. The van der Waals surface area contributed by atoms with Crippen molar-refractivity contribution in [1.29, 1.82) is 0 Å². The number of nitrogens with zero attached hydrogens (tertiary/aromatic N) is 3. The van der Waals surface area contributed by atoms with Crippen LogP contribution in [0.15, 0.2) is 42.6 Å². The van der Waals surface area contributed by atoms with E-state index in [4.69, 9.17) is 23.2 Å². The number of anilines is 2. The van der Waals surface area contributed by atoms with E-state index in [0.717, 1.165) is 11.3 Å². The summed E-state index contributed by atoms with van der Waals surface area (Å²) in [5.41, 5.74) is 1.87. The Hall–Kier alpha value is -2.11. The van der Waals surface area contributed by atoms with Gasteiger partial charge in [-0.15, -0.1) is 0 Å². The number of nitrogens with one attached hydrogen (secondary N) is 2. The first-order valence-electron chi connectivity index (χ1n) is 5.77. The van der Waals surface area contributed by atoms with Crippen molar-refractivity contribution < 1.29 is 0 Å². The van der Waals surface area contributed by atoms with E-state index in [1.807, 2.05) is 30.3 Å². The molecule has 0 aliphatic rings. The Balaban J connectivity index is 1.82. The molecule has 0 aliphatic carbocycles. The lowest BCUT2D eigenvalue weighted by Crippen LogP contribution is -1.94. The first-order chi connectivity index (χ1) is 9.70. The number of H-pyrrole nitrogens is 1. The molecule has 100 valence electrons. The number of aromatic amines is 1. The maximum atomic E-state index is 5.86. The van der Waals surface area contributed by atoms with Crippen LogP contribution in [0.4, 0.5) is 11.6 Å². The predicted octanol–water partition coefficient (Wildman–Crippen LogP) is 3.92. The van der Waals surface area contributed by atoms with Crippen molar-refractivity contribution in [2.75, 3.05) is 5.32 Å². The smallest absolute Gasteiger partial charge is 0.224 e. The molecule has 0 bridgehead atoms. The van der Waals surface area contributed by atoms with Crippen LogP contribution >= 0.6 is 23.2 Å². The van der Waals surface area contributed by atoms with Gasteiger partial charge in [-0.1, -0.05) is 23.7 Å². The summed E-state index contributed by atoms with van der Waals surface area (Å²) in [5, 5.41) is 11.0. The second kappa shape index (κ2) is 5.48. The quantitative estimate of drug-likeness (QED) is 0.720. The van der Waals surface area contributed by atoms with Gasteiger partial charge in [0.15, 0.2) is 5.82 Å². The number of halogens is 2. The maximum absolute atomic E-state index is 5.86. The SMILES string of the molecule is Clc1ccc(-c2cc(Nc3ccnc(Cl)n3)n[nH]2)cc1. The molecule has 5 nitrogen and oxygen atoms in total. The molecule has 2 aromatic heterocycles. The summed E-state index contributed by atoms with van der Waals surface area (Å²) in [4.78, 5) is 7.85. The third-order valence-corrected chi connectivity index (χ3v) is 3.05. The van der Waals surface area contributed by atoms with Gasteiger partial charge in [0, 0.05) is 17.3 Å². The van der Waals surface area contributed by atoms with Crippen LogP contribution in [0, 0.1) is 0 Å². The first kappa shape index (κ1) is 12.9. The topological polar surface area (TPSA) is 66.5 Å². The molecule has 0 spiro atoms. The van der Waals surface area contributed by atoms with Crippen LogP contribution in [0.1, 0.15) is 0 Å². The molecule has 2 N–H and O–H groups in total. The molecular weight excluding hydrogens is 297 g/mol. The van der Waals surface area contributed by atoms with Crippen molar-refractivity contribution in [2.45, 2.75) is 0 Å². The van der Waals surface area contributed by atoms with Gasteiger partial charge in [0.25, 0.3) is 0 Å². The fraction of sp³-hybridized carbons (Fsp3) is 0. The molecule has 0 atom stereocenters. The van der Waals surface area contributed by atoms with E-state index in [1.165, 1.54) is 0 Å². The normalized spacial score (nSPS) is 10.5. The number of benzene rings is 1. The second-order valence-corrected chi connectivity index (χ2v) is 4.78. The van der Waals surface area contributed by atoms with E-state index in [9.17, 15) is 0 Å². The number of hydrogen-bond donors (Lipinski definition) is 2. The Morgan fingerprint density at radius 3 is 2.55 bits per heavy atom. The lowest BCUT2D eigenvalue weighted by atomic mass is 10.1. The Morgan fingerprint density at radius 2 is 1.80 bits per heavy atom. The minimum absolute atomic E-state index is 0.184. The van der Waals surface area contributed by atoms with Gasteiger partial charge in [0.2, 0.25) is 5.28 Å². The van der Waals surface area contributed by atoms with Crippen molar-refractivity contribution in [3.05, 3.63) is 52.9 Å². The van der Waals surface area contributed by atoms with Crippen molar-refractivity contribution >= 4 is 34.8 Å². The zero-order chi connectivity index (χ0) is 13.9. The molecule has 7 heteroatoms. The van der Waals surface area contributed by atoms with Crippen LogP contribution in [0.5, 0.6) is 0 Å². The van der Waals surface area contributed by atoms with E-state index < -0.39 is 0 Å². The highest BCUT2D eigenvalue weighted by Gasteiger charge is 2.05. The predicted molar refractivity (Wildman–Crippen MR) is 79.4 cm³/mol. The van der Waals surface area contributed by atoms with Crippen LogP contribution in [0.25, 0.3) is 11.3 Å². The number of rotatable bonds is 3. The summed E-state index contributed by atoms with van der Waals surface area (Å²) in [5.74, 6) is 1.23.